The zero-order chi connectivity index (χ0) is 10.1. The summed E-state index contributed by atoms with van der Waals surface area (Å²) in [5, 5.41) is 0.738. The van der Waals surface area contributed by atoms with Gasteiger partial charge in [-0.3, -0.25) is 0 Å². The number of H-pyrrole nitrogens is 1. The first-order chi connectivity index (χ1) is 6.65. The summed E-state index contributed by atoms with van der Waals surface area (Å²) in [7, 11) is 0. The van der Waals surface area contributed by atoms with Crippen LogP contribution in [0, 0.1) is 6.92 Å². The van der Waals surface area contributed by atoms with Crippen molar-refractivity contribution in [3.63, 3.8) is 0 Å². The summed E-state index contributed by atoms with van der Waals surface area (Å²) in [5.41, 5.74) is 3.40. The molecule has 0 bridgehead atoms. The second kappa shape index (κ2) is 3.79. The van der Waals surface area contributed by atoms with Crippen LogP contribution in [0.25, 0.3) is 11.3 Å². The molecular formula is C11H9BrClN. The lowest BCUT2D eigenvalue weighted by Gasteiger charge is -2.00. The van der Waals surface area contributed by atoms with Gasteiger partial charge in [0, 0.05) is 26.9 Å². The van der Waals surface area contributed by atoms with Crippen molar-refractivity contribution in [1.29, 1.82) is 0 Å². The van der Waals surface area contributed by atoms with Gasteiger partial charge in [-0.05, 0) is 36.8 Å². The Bertz CT molecular complexity index is 442. The van der Waals surface area contributed by atoms with Gasteiger partial charge in [-0.15, -0.1) is 0 Å². The van der Waals surface area contributed by atoms with Crippen LogP contribution >= 0.6 is 27.5 Å². The first kappa shape index (κ1) is 9.81. The Morgan fingerprint density at radius 2 is 2.00 bits per heavy atom. The molecular weight excluding hydrogens is 261 g/mol. The van der Waals surface area contributed by atoms with Gasteiger partial charge >= 0.3 is 0 Å². The quantitative estimate of drug-likeness (QED) is 0.790. The van der Waals surface area contributed by atoms with Crippen molar-refractivity contribution in [1.82, 2.24) is 4.98 Å². The summed E-state index contributed by atoms with van der Waals surface area (Å²) in [6.07, 6.45) is 1.98. The maximum absolute atomic E-state index is 5.96. The van der Waals surface area contributed by atoms with Crippen molar-refractivity contribution < 1.29 is 0 Å². The van der Waals surface area contributed by atoms with Gasteiger partial charge in [0.25, 0.3) is 0 Å². The fourth-order valence-electron chi connectivity index (χ4n) is 1.38. The van der Waals surface area contributed by atoms with Crippen molar-refractivity contribution in [2.24, 2.45) is 0 Å². The Morgan fingerprint density at radius 1 is 1.21 bits per heavy atom. The normalized spacial score (nSPS) is 10.5. The van der Waals surface area contributed by atoms with Crippen LogP contribution in [-0.2, 0) is 0 Å². The van der Waals surface area contributed by atoms with Crippen molar-refractivity contribution in [2.45, 2.75) is 6.92 Å². The van der Waals surface area contributed by atoms with E-state index in [1.807, 2.05) is 24.4 Å². The minimum atomic E-state index is 0.738. The standard InChI is InChI=1S/C11H9BrClN/c1-7-2-11(14-6-7)8-3-9(12)5-10(13)4-8/h2-6,14H,1H3. The molecule has 72 valence electrons. The molecule has 0 fully saturated rings. The molecule has 3 heteroatoms. The van der Waals surface area contributed by atoms with Crippen LogP contribution in [0.3, 0.4) is 0 Å². The van der Waals surface area contributed by atoms with Crippen LogP contribution in [0.2, 0.25) is 5.02 Å². The third-order valence-electron chi connectivity index (χ3n) is 2.00. The van der Waals surface area contributed by atoms with E-state index in [2.05, 4.69) is 33.9 Å². The van der Waals surface area contributed by atoms with E-state index in [4.69, 9.17) is 11.6 Å². The average molecular weight is 271 g/mol. The zero-order valence-electron chi connectivity index (χ0n) is 7.64. The molecule has 1 aromatic carbocycles. The topological polar surface area (TPSA) is 15.8 Å². The predicted octanol–water partition coefficient (Wildman–Crippen LogP) is 4.41. The van der Waals surface area contributed by atoms with Crippen molar-refractivity contribution >= 4 is 27.5 Å². The van der Waals surface area contributed by atoms with E-state index in [-0.39, 0.29) is 0 Å². The number of benzene rings is 1. The molecule has 1 heterocycles. The summed E-state index contributed by atoms with van der Waals surface area (Å²) in [6, 6.07) is 7.95. The van der Waals surface area contributed by atoms with Gasteiger partial charge in [-0.25, -0.2) is 0 Å². The lowest BCUT2D eigenvalue weighted by molar-refractivity contribution is 1.38. The van der Waals surface area contributed by atoms with E-state index in [1.165, 1.54) is 5.56 Å². The minimum Gasteiger partial charge on any atom is -0.361 e. The SMILES string of the molecule is Cc1c[nH]c(-c2cc(Cl)cc(Br)c2)c1. The number of aromatic amines is 1. The molecule has 0 atom stereocenters. The highest BCUT2D eigenvalue weighted by atomic mass is 79.9. The van der Waals surface area contributed by atoms with Gasteiger partial charge in [0.1, 0.15) is 0 Å². The van der Waals surface area contributed by atoms with E-state index in [0.717, 1.165) is 20.8 Å². The van der Waals surface area contributed by atoms with E-state index in [1.54, 1.807) is 0 Å². The molecule has 0 spiro atoms. The highest BCUT2D eigenvalue weighted by Crippen LogP contribution is 2.26. The Kier molecular flexibility index (Phi) is 2.66. The number of rotatable bonds is 1. The fraction of sp³-hybridized carbons (Fsp3) is 0.0909. The van der Waals surface area contributed by atoms with Gasteiger partial charge in [0.15, 0.2) is 0 Å². The Hall–Kier alpha value is -0.730. The molecule has 1 N–H and O–H groups in total. The molecule has 0 amide bonds. The molecule has 0 radical (unpaired) electrons. The lowest BCUT2D eigenvalue weighted by Crippen LogP contribution is -1.77. The molecule has 1 nitrogen and oxygen atoms in total. The smallest absolute Gasteiger partial charge is 0.0457 e. The monoisotopic (exact) mass is 269 g/mol. The molecule has 2 rings (SSSR count). The van der Waals surface area contributed by atoms with Gasteiger partial charge in [-0.2, -0.15) is 0 Å². The maximum atomic E-state index is 5.96. The third kappa shape index (κ3) is 2.02. The van der Waals surface area contributed by atoms with Crippen molar-refractivity contribution in [3.8, 4) is 11.3 Å². The lowest BCUT2D eigenvalue weighted by atomic mass is 10.1. The number of halogens is 2. The van der Waals surface area contributed by atoms with Crippen LogP contribution in [0.1, 0.15) is 5.56 Å². The summed E-state index contributed by atoms with van der Waals surface area (Å²) < 4.78 is 0.993. The zero-order valence-corrected chi connectivity index (χ0v) is 9.98. The van der Waals surface area contributed by atoms with Crippen molar-refractivity contribution in [2.75, 3.05) is 0 Å². The molecule has 0 aliphatic carbocycles. The summed E-state index contributed by atoms with van der Waals surface area (Å²) >= 11 is 9.38. The largest absolute Gasteiger partial charge is 0.361 e. The molecule has 0 saturated heterocycles. The van der Waals surface area contributed by atoms with E-state index in [9.17, 15) is 0 Å². The van der Waals surface area contributed by atoms with Gasteiger partial charge in [0.05, 0.1) is 0 Å². The van der Waals surface area contributed by atoms with Gasteiger partial charge in [-0.1, -0.05) is 27.5 Å². The Balaban J connectivity index is 2.51. The second-order valence-electron chi connectivity index (χ2n) is 3.25. The summed E-state index contributed by atoms with van der Waals surface area (Å²) in [5.74, 6) is 0. The first-order valence-corrected chi connectivity index (χ1v) is 5.44. The number of hydrogen-bond donors (Lipinski definition) is 1. The predicted molar refractivity (Wildman–Crippen MR) is 63.7 cm³/mol. The number of nitrogens with one attached hydrogen (secondary N) is 1. The van der Waals surface area contributed by atoms with E-state index in [0.29, 0.717) is 0 Å². The highest BCUT2D eigenvalue weighted by Gasteiger charge is 2.02. The van der Waals surface area contributed by atoms with Crippen LogP contribution in [-0.4, -0.2) is 4.98 Å². The molecule has 2 aromatic rings. The van der Waals surface area contributed by atoms with Crippen LogP contribution in [0.4, 0.5) is 0 Å². The fourth-order valence-corrected chi connectivity index (χ4v) is 2.24. The molecule has 14 heavy (non-hydrogen) atoms. The first-order valence-electron chi connectivity index (χ1n) is 4.26. The number of aromatic nitrogens is 1. The van der Waals surface area contributed by atoms with Crippen LogP contribution < -0.4 is 0 Å². The third-order valence-corrected chi connectivity index (χ3v) is 2.68. The van der Waals surface area contributed by atoms with Crippen LogP contribution in [0.15, 0.2) is 34.9 Å². The minimum absolute atomic E-state index is 0.738. The Labute approximate surface area is 96.2 Å². The molecule has 0 aliphatic heterocycles. The molecule has 0 aliphatic rings. The molecule has 0 unspecified atom stereocenters. The highest BCUT2D eigenvalue weighted by molar-refractivity contribution is 9.10. The summed E-state index contributed by atoms with van der Waals surface area (Å²) in [6.45, 7) is 2.06. The second-order valence-corrected chi connectivity index (χ2v) is 4.60. The number of hydrogen-bond acceptors (Lipinski definition) is 0. The maximum Gasteiger partial charge on any atom is 0.0457 e. The van der Waals surface area contributed by atoms with Gasteiger partial charge < -0.3 is 4.98 Å². The van der Waals surface area contributed by atoms with E-state index >= 15 is 0 Å². The summed E-state index contributed by atoms with van der Waals surface area (Å²) in [4.78, 5) is 3.20. The number of aryl methyl sites for hydroxylation is 1. The average Bonchev–Trinajstić information content (AvgIpc) is 2.50. The Morgan fingerprint density at radius 3 is 2.57 bits per heavy atom. The molecule has 0 saturated carbocycles. The molecule has 1 aromatic heterocycles. The van der Waals surface area contributed by atoms with Gasteiger partial charge in [0.2, 0.25) is 0 Å². The van der Waals surface area contributed by atoms with Crippen molar-refractivity contribution in [3.05, 3.63) is 45.5 Å². The van der Waals surface area contributed by atoms with Crippen LogP contribution in [0.5, 0.6) is 0 Å². The van der Waals surface area contributed by atoms with E-state index < -0.39 is 0 Å².